The highest BCUT2D eigenvalue weighted by atomic mass is 35.5. The Bertz CT molecular complexity index is 804. The molecule has 0 aliphatic heterocycles. The van der Waals surface area contributed by atoms with E-state index in [0.29, 0.717) is 24.0 Å². The molecule has 1 amide bonds. The third-order valence-electron chi connectivity index (χ3n) is 5.72. The summed E-state index contributed by atoms with van der Waals surface area (Å²) in [6, 6.07) is 13.2. The van der Waals surface area contributed by atoms with Gasteiger partial charge >= 0.3 is 0 Å². The molecule has 2 aliphatic rings. The van der Waals surface area contributed by atoms with Gasteiger partial charge in [-0.15, -0.1) is 12.4 Å². The van der Waals surface area contributed by atoms with Crippen molar-refractivity contribution >= 4 is 18.3 Å². The number of hydrogen-bond acceptors (Lipinski definition) is 2. The van der Waals surface area contributed by atoms with Gasteiger partial charge in [0.25, 0.3) is 0 Å². The van der Waals surface area contributed by atoms with Gasteiger partial charge in [0.2, 0.25) is 5.91 Å². The number of carbonyl (C=O) groups excluding carboxylic acids is 1. The number of nitrogens with two attached hydrogens (primary N) is 2. The monoisotopic (exact) mass is 394 g/mol. The molecule has 3 nitrogen and oxygen atoms in total. The van der Waals surface area contributed by atoms with E-state index in [2.05, 4.69) is 0 Å². The predicted octanol–water partition coefficient (Wildman–Crippen LogP) is 4.32. The third-order valence-corrected chi connectivity index (χ3v) is 5.72. The molecule has 2 aromatic rings. The fourth-order valence-electron chi connectivity index (χ4n) is 3.72. The number of rotatable bonds is 3. The number of amides is 1. The standard InChI is InChI=1S/C11H12FNO.C10H12FN.ClH/c12-9-5-2-1-4-8(9)11(10(13)14)6-3-7-11;11-9-5-2-1-4-8(9)10(12)6-3-7-10;/h1-2,4-5H,3,6-7H2,(H2,13,14);1-2,4-5H,3,6-7,12H2;1H. The molecule has 2 saturated carbocycles. The van der Waals surface area contributed by atoms with Gasteiger partial charge in [0.05, 0.1) is 5.41 Å². The number of carbonyl (C=O) groups is 1. The van der Waals surface area contributed by atoms with Crippen molar-refractivity contribution in [3.8, 4) is 0 Å². The molecular weight excluding hydrogens is 370 g/mol. The average Bonchev–Trinajstić information content (AvgIpc) is 2.54. The summed E-state index contributed by atoms with van der Waals surface area (Å²) in [5.74, 6) is -0.903. The minimum absolute atomic E-state index is 0. The van der Waals surface area contributed by atoms with Crippen LogP contribution in [0.1, 0.15) is 49.7 Å². The van der Waals surface area contributed by atoms with E-state index in [0.717, 1.165) is 25.7 Å². The molecule has 0 radical (unpaired) electrons. The Labute approximate surface area is 164 Å². The lowest BCUT2D eigenvalue weighted by Crippen LogP contribution is -2.47. The van der Waals surface area contributed by atoms with Crippen molar-refractivity contribution in [1.29, 1.82) is 0 Å². The van der Waals surface area contributed by atoms with E-state index in [4.69, 9.17) is 11.5 Å². The molecule has 4 rings (SSSR count). The first-order valence-corrected chi connectivity index (χ1v) is 8.98. The summed E-state index contributed by atoms with van der Waals surface area (Å²) < 4.78 is 26.7. The van der Waals surface area contributed by atoms with Crippen LogP contribution in [0.5, 0.6) is 0 Å². The number of halogens is 3. The van der Waals surface area contributed by atoms with Crippen molar-refractivity contribution in [2.75, 3.05) is 0 Å². The van der Waals surface area contributed by atoms with Gasteiger partial charge in [-0.1, -0.05) is 42.8 Å². The lowest BCUT2D eigenvalue weighted by Gasteiger charge is -2.39. The first-order chi connectivity index (χ1) is 12.4. The Morgan fingerprint density at radius 2 is 1.26 bits per heavy atom. The summed E-state index contributed by atoms with van der Waals surface area (Å²) in [6.07, 6.45) is 5.22. The molecule has 0 spiro atoms. The normalized spacial score (nSPS) is 18.6. The zero-order valence-corrected chi connectivity index (χ0v) is 15.9. The van der Waals surface area contributed by atoms with Gasteiger partial charge in [0.1, 0.15) is 11.6 Å². The summed E-state index contributed by atoms with van der Waals surface area (Å²) in [5.41, 5.74) is 11.3. The lowest BCUT2D eigenvalue weighted by molar-refractivity contribution is -0.126. The van der Waals surface area contributed by atoms with Crippen LogP contribution < -0.4 is 11.5 Å². The Morgan fingerprint density at radius 3 is 1.59 bits per heavy atom. The van der Waals surface area contributed by atoms with E-state index in [9.17, 15) is 13.6 Å². The van der Waals surface area contributed by atoms with Gasteiger partial charge in [0, 0.05) is 16.7 Å². The second-order valence-electron chi connectivity index (χ2n) is 7.27. The first-order valence-electron chi connectivity index (χ1n) is 8.98. The molecule has 0 heterocycles. The van der Waals surface area contributed by atoms with Gasteiger partial charge in [-0.05, 0) is 44.2 Å². The first kappa shape index (κ1) is 21.3. The number of hydrogen-bond donors (Lipinski definition) is 2. The van der Waals surface area contributed by atoms with Crippen LogP contribution in [0.2, 0.25) is 0 Å². The van der Waals surface area contributed by atoms with Crippen molar-refractivity contribution in [3.05, 3.63) is 71.3 Å². The van der Waals surface area contributed by atoms with Gasteiger partial charge in [0.15, 0.2) is 0 Å². The maximum absolute atomic E-state index is 13.5. The van der Waals surface area contributed by atoms with Crippen LogP contribution in [0.15, 0.2) is 48.5 Å². The topological polar surface area (TPSA) is 69.1 Å². The highest BCUT2D eigenvalue weighted by Gasteiger charge is 2.45. The SMILES string of the molecule is Cl.NC(=O)C1(c2ccccc2F)CCC1.NC1(c2ccccc2F)CCC1. The summed E-state index contributed by atoms with van der Waals surface area (Å²) in [4.78, 5) is 11.3. The predicted molar refractivity (Wildman–Crippen MR) is 104 cm³/mol. The number of benzene rings is 2. The highest BCUT2D eigenvalue weighted by Crippen LogP contribution is 2.44. The summed E-state index contributed by atoms with van der Waals surface area (Å²) in [6.45, 7) is 0. The smallest absolute Gasteiger partial charge is 0.228 e. The quantitative estimate of drug-likeness (QED) is 0.814. The van der Waals surface area contributed by atoms with Crippen LogP contribution in [-0.4, -0.2) is 5.91 Å². The van der Waals surface area contributed by atoms with Crippen molar-refractivity contribution in [3.63, 3.8) is 0 Å². The molecule has 2 aliphatic carbocycles. The average molecular weight is 395 g/mol. The van der Waals surface area contributed by atoms with E-state index in [1.54, 1.807) is 30.3 Å². The second kappa shape index (κ2) is 8.36. The molecule has 0 unspecified atom stereocenters. The minimum Gasteiger partial charge on any atom is -0.369 e. The van der Waals surface area contributed by atoms with E-state index in [1.807, 2.05) is 6.07 Å². The fourth-order valence-corrected chi connectivity index (χ4v) is 3.72. The van der Waals surface area contributed by atoms with E-state index in [1.165, 1.54) is 12.1 Å². The Kier molecular flexibility index (Phi) is 6.60. The largest absolute Gasteiger partial charge is 0.369 e. The molecule has 27 heavy (non-hydrogen) atoms. The van der Waals surface area contributed by atoms with E-state index >= 15 is 0 Å². The second-order valence-corrected chi connectivity index (χ2v) is 7.27. The summed E-state index contributed by atoms with van der Waals surface area (Å²) >= 11 is 0. The molecule has 0 aromatic heterocycles. The molecule has 0 saturated heterocycles. The molecule has 4 N–H and O–H groups in total. The fraction of sp³-hybridized carbons (Fsp3) is 0.381. The van der Waals surface area contributed by atoms with Crippen molar-refractivity contribution in [1.82, 2.24) is 0 Å². The third kappa shape index (κ3) is 3.99. The molecule has 2 fully saturated rings. The zero-order valence-electron chi connectivity index (χ0n) is 15.1. The molecular formula is C21H25ClF2N2O. The minimum atomic E-state index is -0.731. The Morgan fingerprint density at radius 1 is 0.815 bits per heavy atom. The Balaban J connectivity index is 0.000000189. The van der Waals surface area contributed by atoms with Crippen LogP contribution in [0.3, 0.4) is 0 Å². The van der Waals surface area contributed by atoms with Crippen LogP contribution in [0.25, 0.3) is 0 Å². The van der Waals surface area contributed by atoms with Crippen LogP contribution in [-0.2, 0) is 15.7 Å². The molecule has 146 valence electrons. The van der Waals surface area contributed by atoms with Gasteiger partial charge in [-0.2, -0.15) is 0 Å². The highest BCUT2D eigenvalue weighted by molar-refractivity contribution is 5.87. The van der Waals surface area contributed by atoms with Crippen LogP contribution in [0, 0.1) is 11.6 Å². The van der Waals surface area contributed by atoms with Crippen molar-refractivity contribution in [2.45, 2.75) is 49.5 Å². The maximum atomic E-state index is 13.5. The van der Waals surface area contributed by atoms with E-state index in [-0.39, 0.29) is 29.6 Å². The Hall–Kier alpha value is -1.98. The van der Waals surface area contributed by atoms with Crippen molar-refractivity contribution < 1.29 is 13.6 Å². The van der Waals surface area contributed by atoms with Gasteiger partial charge in [-0.25, -0.2) is 8.78 Å². The van der Waals surface area contributed by atoms with Gasteiger partial charge in [-0.3, -0.25) is 4.79 Å². The van der Waals surface area contributed by atoms with E-state index < -0.39 is 11.3 Å². The maximum Gasteiger partial charge on any atom is 0.228 e. The van der Waals surface area contributed by atoms with Crippen molar-refractivity contribution in [2.24, 2.45) is 11.5 Å². The summed E-state index contributed by atoms with van der Waals surface area (Å²) in [5, 5.41) is 0. The molecule has 2 aromatic carbocycles. The zero-order chi connectivity index (χ0) is 18.8. The summed E-state index contributed by atoms with van der Waals surface area (Å²) in [7, 11) is 0. The van der Waals surface area contributed by atoms with Crippen LogP contribution in [0.4, 0.5) is 8.78 Å². The molecule has 6 heteroatoms. The van der Waals surface area contributed by atoms with Gasteiger partial charge < -0.3 is 11.5 Å². The number of primary amides is 1. The molecule has 0 bridgehead atoms. The molecule has 0 atom stereocenters. The van der Waals surface area contributed by atoms with Crippen LogP contribution >= 0.6 is 12.4 Å². The lowest BCUT2D eigenvalue weighted by atomic mass is 9.64.